The van der Waals surface area contributed by atoms with Gasteiger partial charge in [-0.05, 0) is 31.6 Å². The monoisotopic (exact) mass is 264 g/mol. The minimum Gasteiger partial charge on any atom is -0.347 e. The molecule has 1 aliphatic heterocycles. The van der Waals surface area contributed by atoms with Crippen molar-refractivity contribution >= 4 is 10.8 Å². The van der Waals surface area contributed by atoms with Crippen LogP contribution >= 0.6 is 0 Å². The molecule has 3 heteroatoms. The van der Waals surface area contributed by atoms with Gasteiger partial charge in [0.05, 0.1) is 10.8 Å². The van der Waals surface area contributed by atoms with Crippen LogP contribution in [0.4, 0.5) is 0 Å². The quantitative estimate of drug-likeness (QED) is 0.580. The Balaban J connectivity index is 2.12. The van der Waals surface area contributed by atoms with Gasteiger partial charge in [0, 0.05) is 4.90 Å². The zero-order chi connectivity index (χ0) is 13.2. The van der Waals surface area contributed by atoms with Crippen LogP contribution in [0.15, 0.2) is 41.8 Å². The van der Waals surface area contributed by atoms with E-state index in [1.165, 1.54) is 5.56 Å². The van der Waals surface area contributed by atoms with Gasteiger partial charge in [0.1, 0.15) is 6.10 Å². The molecule has 2 nitrogen and oxygen atoms in total. The fourth-order valence-electron chi connectivity index (χ4n) is 2.10. The van der Waals surface area contributed by atoms with Gasteiger partial charge in [-0.1, -0.05) is 44.0 Å². The molecule has 0 amide bonds. The number of aryl methyl sites for hydroxylation is 1. The summed E-state index contributed by atoms with van der Waals surface area (Å²) in [5, 5.41) is 0. The molecule has 0 saturated carbocycles. The summed E-state index contributed by atoms with van der Waals surface area (Å²) >= 11 is 0. The second kappa shape index (κ2) is 5.37. The van der Waals surface area contributed by atoms with Crippen LogP contribution < -0.4 is 0 Å². The number of rotatable bonds is 6. The van der Waals surface area contributed by atoms with Gasteiger partial charge in [0.25, 0.3) is 0 Å². The van der Waals surface area contributed by atoms with E-state index in [9.17, 15) is 4.21 Å². The maximum atomic E-state index is 12.6. The number of epoxide rings is 1. The van der Waals surface area contributed by atoms with Crippen molar-refractivity contribution in [2.45, 2.75) is 49.0 Å². The first-order valence-electron chi connectivity index (χ1n) is 6.44. The molecule has 1 saturated heterocycles. The lowest BCUT2D eigenvalue weighted by molar-refractivity contribution is 0.362. The summed E-state index contributed by atoms with van der Waals surface area (Å²) in [6.07, 6.45) is 4.97. The SMILES string of the molecule is C=C[C@@]1(S(=O)c2ccc(C)cc2)O[C@@H]1CCCC. The van der Waals surface area contributed by atoms with Gasteiger partial charge >= 0.3 is 0 Å². The predicted octanol–water partition coefficient (Wildman–Crippen LogP) is 3.57. The average Bonchev–Trinajstić information content (AvgIpc) is 3.11. The lowest BCUT2D eigenvalue weighted by Gasteiger charge is -2.08. The molecule has 18 heavy (non-hydrogen) atoms. The Kier molecular flexibility index (Phi) is 4.03. The van der Waals surface area contributed by atoms with Crippen LogP contribution in [0.5, 0.6) is 0 Å². The summed E-state index contributed by atoms with van der Waals surface area (Å²) in [5.74, 6) is 0. The van der Waals surface area contributed by atoms with Gasteiger partial charge in [-0.2, -0.15) is 0 Å². The normalized spacial score (nSPS) is 27.8. The third-order valence-electron chi connectivity index (χ3n) is 3.35. The van der Waals surface area contributed by atoms with Crippen LogP contribution in [0.1, 0.15) is 31.7 Å². The van der Waals surface area contributed by atoms with Crippen molar-refractivity contribution in [1.82, 2.24) is 0 Å². The van der Waals surface area contributed by atoms with E-state index in [1.807, 2.05) is 31.2 Å². The van der Waals surface area contributed by atoms with Gasteiger partial charge in [-0.15, -0.1) is 0 Å². The van der Waals surface area contributed by atoms with Gasteiger partial charge in [0.2, 0.25) is 0 Å². The topological polar surface area (TPSA) is 29.6 Å². The molecule has 1 aromatic carbocycles. The summed E-state index contributed by atoms with van der Waals surface area (Å²) in [6, 6.07) is 7.78. The van der Waals surface area contributed by atoms with Crippen molar-refractivity contribution in [2.24, 2.45) is 0 Å². The first-order chi connectivity index (χ1) is 8.64. The second-order valence-corrected chi connectivity index (χ2v) is 6.40. The van der Waals surface area contributed by atoms with Crippen molar-refractivity contribution in [3.63, 3.8) is 0 Å². The summed E-state index contributed by atoms with van der Waals surface area (Å²) in [7, 11) is -1.16. The molecule has 1 aliphatic rings. The Morgan fingerprint density at radius 3 is 2.67 bits per heavy atom. The van der Waals surface area contributed by atoms with E-state index in [-0.39, 0.29) is 6.10 Å². The lowest BCUT2D eigenvalue weighted by atomic mass is 10.1. The van der Waals surface area contributed by atoms with E-state index < -0.39 is 15.7 Å². The summed E-state index contributed by atoms with van der Waals surface area (Å²) in [5.41, 5.74) is 1.17. The molecule has 0 aliphatic carbocycles. The molecule has 98 valence electrons. The lowest BCUT2D eigenvalue weighted by Crippen LogP contribution is -2.19. The Morgan fingerprint density at radius 1 is 1.44 bits per heavy atom. The number of hydrogen-bond donors (Lipinski definition) is 0. The molecule has 0 N–H and O–H groups in total. The molecule has 1 aromatic rings. The van der Waals surface area contributed by atoms with Crippen molar-refractivity contribution in [2.75, 3.05) is 0 Å². The maximum Gasteiger partial charge on any atom is 0.191 e. The fraction of sp³-hybridized carbons (Fsp3) is 0.467. The Bertz CT molecular complexity index is 452. The molecular weight excluding hydrogens is 244 g/mol. The van der Waals surface area contributed by atoms with Crippen molar-refractivity contribution in [3.8, 4) is 0 Å². The molecule has 1 fully saturated rings. The van der Waals surface area contributed by atoms with Gasteiger partial charge in [-0.25, -0.2) is 0 Å². The van der Waals surface area contributed by atoms with Gasteiger partial charge in [0.15, 0.2) is 4.93 Å². The molecule has 2 rings (SSSR count). The Labute approximate surface area is 112 Å². The third kappa shape index (κ3) is 2.43. The summed E-state index contributed by atoms with van der Waals surface area (Å²) in [6.45, 7) is 7.97. The van der Waals surface area contributed by atoms with Crippen LogP contribution in [-0.4, -0.2) is 15.2 Å². The molecule has 1 unspecified atom stereocenters. The molecule has 0 bridgehead atoms. The number of unbranched alkanes of at least 4 members (excludes halogenated alkanes) is 1. The first-order valence-corrected chi connectivity index (χ1v) is 7.59. The van der Waals surface area contributed by atoms with E-state index >= 15 is 0 Å². The van der Waals surface area contributed by atoms with E-state index in [1.54, 1.807) is 6.08 Å². The zero-order valence-electron chi connectivity index (χ0n) is 11.0. The van der Waals surface area contributed by atoms with Crippen LogP contribution in [0.25, 0.3) is 0 Å². The Morgan fingerprint density at radius 2 is 2.11 bits per heavy atom. The van der Waals surface area contributed by atoms with Crippen LogP contribution in [0.2, 0.25) is 0 Å². The molecule has 1 heterocycles. The molecule has 0 spiro atoms. The van der Waals surface area contributed by atoms with E-state index in [4.69, 9.17) is 4.74 Å². The molecule has 0 radical (unpaired) electrons. The molecule has 0 aromatic heterocycles. The van der Waals surface area contributed by atoms with Gasteiger partial charge in [-0.3, -0.25) is 4.21 Å². The highest BCUT2D eigenvalue weighted by atomic mass is 32.2. The zero-order valence-corrected chi connectivity index (χ0v) is 11.8. The standard InChI is InChI=1S/C15H20O2S/c1-4-6-7-14-15(5-2,17-14)18(16)13-10-8-12(3)9-11-13/h5,8-11,14H,2,4,6-7H2,1,3H3/t14-,15+,18?/m1/s1. The Hall–Kier alpha value is -0.930. The highest BCUT2D eigenvalue weighted by Crippen LogP contribution is 2.46. The summed E-state index contributed by atoms with van der Waals surface area (Å²) < 4.78 is 18.2. The van der Waals surface area contributed by atoms with Crippen LogP contribution in [0, 0.1) is 6.92 Å². The van der Waals surface area contributed by atoms with Crippen molar-refractivity contribution in [3.05, 3.63) is 42.5 Å². The maximum absolute atomic E-state index is 12.6. The van der Waals surface area contributed by atoms with Gasteiger partial charge < -0.3 is 4.74 Å². The number of hydrogen-bond acceptors (Lipinski definition) is 2. The molecular formula is C15H20O2S. The van der Waals surface area contributed by atoms with E-state index in [0.29, 0.717) is 0 Å². The smallest absolute Gasteiger partial charge is 0.191 e. The van der Waals surface area contributed by atoms with Crippen LogP contribution in [0.3, 0.4) is 0 Å². The highest BCUT2D eigenvalue weighted by Gasteiger charge is 2.58. The fourth-order valence-corrected chi connectivity index (χ4v) is 3.57. The minimum atomic E-state index is -1.16. The first kappa shape index (κ1) is 13.5. The van der Waals surface area contributed by atoms with Crippen molar-refractivity contribution < 1.29 is 8.95 Å². The number of benzene rings is 1. The molecule has 3 atom stereocenters. The third-order valence-corrected chi connectivity index (χ3v) is 5.15. The largest absolute Gasteiger partial charge is 0.347 e. The number of ether oxygens (including phenoxy) is 1. The predicted molar refractivity (Wildman–Crippen MR) is 74.9 cm³/mol. The van der Waals surface area contributed by atoms with Crippen molar-refractivity contribution in [1.29, 1.82) is 0 Å². The second-order valence-electron chi connectivity index (χ2n) is 4.76. The van der Waals surface area contributed by atoms with E-state index in [2.05, 4.69) is 13.5 Å². The highest BCUT2D eigenvalue weighted by molar-refractivity contribution is 7.86. The summed E-state index contributed by atoms with van der Waals surface area (Å²) in [4.78, 5) is 0.171. The minimum absolute atomic E-state index is 0.0667. The van der Waals surface area contributed by atoms with E-state index in [0.717, 1.165) is 24.2 Å². The average molecular weight is 264 g/mol. The van der Waals surface area contributed by atoms with Crippen LogP contribution in [-0.2, 0) is 15.5 Å².